The summed E-state index contributed by atoms with van der Waals surface area (Å²) in [5.74, 6) is 1.51. The van der Waals surface area contributed by atoms with Crippen molar-refractivity contribution in [3.05, 3.63) is 12.2 Å². The Bertz CT molecular complexity index is 188. The van der Waals surface area contributed by atoms with Gasteiger partial charge >= 0.3 is 0 Å². The molecule has 0 aliphatic heterocycles. The SMILES string of the molecule is C=C(C)C(C)CC(CC)C(C)(C)CCC. The van der Waals surface area contributed by atoms with E-state index in [1.807, 2.05) is 0 Å². The van der Waals surface area contributed by atoms with Crippen LogP contribution in [0.15, 0.2) is 12.2 Å². The van der Waals surface area contributed by atoms with Gasteiger partial charge in [-0.2, -0.15) is 0 Å². The number of hydrogen-bond donors (Lipinski definition) is 0. The summed E-state index contributed by atoms with van der Waals surface area (Å²) in [5, 5.41) is 0. The van der Waals surface area contributed by atoms with Gasteiger partial charge in [-0.05, 0) is 37.0 Å². The lowest BCUT2D eigenvalue weighted by molar-refractivity contribution is 0.162. The topological polar surface area (TPSA) is 0 Å². The highest BCUT2D eigenvalue weighted by atomic mass is 14.3. The summed E-state index contributed by atoms with van der Waals surface area (Å²) in [5.41, 5.74) is 1.83. The van der Waals surface area contributed by atoms with Gasteiger partial charge in [0.25, 0.3) is 0 Å². The van der Waals surface area contributed by atoms with Crippen LogP contribution in [-0.2, 0) is 0 Å². The van der Waals surface area contributed by atoms with Crippen molar-refractivity contribution in [2.45, 2.75) is 67.2 Å². The van der Waals surface area contributed by atoms with Crippen molar-refractivity contribution in [3.63, 3.8) is 0 Å². The molecule has 0 N–H and O–H groups in total. The van der Waals surface area contributed by atoms with Gasteiger partial charge in [-0.1, -0.05) is 59.6 Å². The van der Waals surface area contributed by atoms with Crippen molar-refractivity contribution in [1.82, 2.24) is 0 Å². The van der Waals surface area contributed by atoms with Crippen LogP contribution in [0.25, 0.3) is 0 Å². The molecule has 0 aliphatic carbocycles. The van der Waals surface area contributed by atoms with E-state index in [1.165, 1.54) is 31.3 Å². The predicted molar refractivity (Wildman–Crippen MR) is 71.1 cm³/mol. The molecule has 0 heterocycles. The third-order valence-corrected chi connectivity index (χ3v) is 3.97. The minimum atomic E-state index is 0.493. The predicted octanol–water partition coefficient (Wildman–Crippen LogP) is 5.44. The van der Waals surface area contributed by atoms with E-state index in [1.54, 1.807) is 0 Å². The van der Waals surface area contributed by atoms with Crippen LogP contribution in [0, 0.1) is 17.3 Å². The van der Waals surface area contributed by atoms with Crippen LogP contribution in [-0.4, -0.2) is 0 Å². The molecule has 0 radical (unpaired) electrons. The van der Waals surface area contributed by atoms with Crippen LogP contribution < -0.4 is 0 Å². The van der Waals surface area contributed by atoms with E-state index >= 15 is 0 Å². The second-order valence-electron chi connectivity index (χ2n) is 5.83. The van der Waals surface area contributed by atoms with Gasteiger partial charge in [0.1, 0.15) is 0 Å². The maximum absolute atomic E-state index is 4.07. The zero-order valence-corrected chi connectivity index (χ0v) is 11.7. The first-order chi connectivity index (χ1) is 6.85. The summed E-state index contributed by atoms with van der Waals surface area (Å²) < 4.78 is 0. The van der Waals surface area contributed by atoms with Gasteiger partial charge in [0.15, 0.2) is 0 Å². The van der Waals surface area contributed by atoms with Crippen molar-refractivity contribution >= 4 is 0 Å². The third kappa shape index (κ3) is 4.86. The third-order valence-electron chi connectivity index (χ3n) is 3.97. The van der Waals surface area contributed by atoms with Gasteiger partial charge in [-0.15, -0.1) is 0 Å². The molecular formula is C15H30. The average molecular weight is 210 g/mol. The minimum absolute atomic E-state index is 0.493. The van der Waals surface area contributed by atoms with E-state index in [2.05, 4.69) is 48.1 Å². The Balaban J connectivity index is 4.41. The molecular weight excluding hydrogens is 180 g/mol. The lowest BCUT2D eigenvalue weighted by atomic mass is 9.70. The fourth-order valence-electron chi connectivity index (χ4n) is 2.51. The molecule has 0 nitrogen and oxygen atoms in total. The maximum atomic E-state index is 4.07. The van der Waals surface area contributed by atoms with Gasteiger partial charge in [0.05, 0.1) is 0 Å². The highest BCUT2D eigenvalue weighted by molar-refractivity contribution is 4.95. The molecule has 0 saturated carbocycles. The Labute approximate surface area is 97.2 Å². The van der Waals surface area contributed by atoms with E-state index in [-0.39, 0.29) is 0 Å². The van der Waals surface area contributed by atoms with Crippen molar-refractivity contribution in [1.29, 1.82) is 0 Å². The van der Waals surface area contributed by atoms with E-state index < -0.39 is 0 Å². The second kappa shape index (κ2) is 6.35. The molecule has 0 fully saturated rings. The van der Waals surface area contributed by atoms with E-state index in [4.69, 9.17) is 0 Å². The molecule has 2 atom stereocenters. The Morgan fingerprint density at radius 2 is 1.80 bits per heavy atom. The largest absolute Gasteiger partial charge is 0.0999 e. The zero-order chi connectivity index (χ0) is 12.1. The normalized spacial score (nSPS) is 16.1. The molecule has 0 bridgehead atoms. The van der Waals surface area contributed by atoms with Gasteiger partial charge in [0, 0.05) is 0 Å². The molecule has 0 heteroatoms. The fourth-order valence-corrected chi connectivity index (χ4v) is 2.51. The Kier molecular flexibility index (Phi) is 6.24. The minimum Gasteiger partial charge on any atom is -0.0999 e. The number of allylic oxidation sites excluding steroid dienone is 1. The van der Waals surface area contributed by atoms with Crippen molar-refractivity contribution in [2.75, 3.05) is 0 Å². The lowest BCUT2D eigenvalue weighted by Crippen LogP contribution is -2.25. The maximum Gasteiger partial charge on any atom is -0.0234 e. The van der Waals surface area contributed by atoms with Crippen LogP contribution in [0.5, 0.6) is 0 Å². The van der Waals surface area contributed by atoms with Gasteiger partial charge in [-0.3, -0.25) is 0 Å². The molecule has 0 aromatic heterocycles. The number of hydrogen-bond acceptors (Lipinski definition) is 0. The van der Waals surface area contributed by atoms with Crippen molar-refractivity contribution in [3.8, 4) is 0 Å². The van der Waals surface area contributed by atoms with Crippen LogP contribution in [0.4, 0.5) is 0 Å². The lowest BCUT2D eigenvalue weighted by Gasteiger charge is -2.35. The molecule has 0 spiro atoms. The first kappa shape index (κ1) is 14.7. The fraction of sp³-hybridized carbons (Fsp3) is 0.867. The van der Waals surface area contributed by atoms with Gasteiger partial charge in [-0.25, -0.2) is 0 Å². The van der Waals surface area contributed by atoms with Gasteiger partial charge in [0.2, 0.25) is 0 Å². The molecule has 15 heavy (non-hydrogen) atoms. The highest BCUT2D eigenvalue weighted by Gasteiger charge is 2.28. The Morgan fingerprint density at radius 3 is 2.13 bits per heavy atom. The molecule has 0 aliphatic rings. The van der Waals surface area contributed by atoms with E-state index in [0.717, 1.165) is 5.92 Å². The summed E-state index contributed by atoms with van der Waals surface area (Å²) in [6, 6.07) is 0. The monoisotopic (exact) mass is 210 g/mol. The Hall–Kier alpha value is -0.260. The second-order valence-corrected chi connectivity index (χ2v) is 5.83. The summed E-state index contributed by atoms with van der Waals surface area (Å²) in [4.78, 5) is 0. The first-order valence-corrected chi connectivity index (χ1v) is 6.50. The standard InChI is InChI=1S/C15H30/c1-8-10-15(6,7)14(9-2)11-13(5)12(3)4/h13-14H,3,8-11H2,1-2,4-7H3. The van der Waals surface area contributed by atoms with Crippen molar-refractivity contribution < 1.29 is 0 Å². The average Bonchev–Trinajstić information content (AvgIpc) is 2.12. The molecule has 0 amide bonds. The summed E-state index contributed by atoms with van der Waals surface area (Å²) in [6.07, 6.45) is 5.24. The zero-order valence-electron chi connectivity index (χ0n) is 11.7. The summed E-state index contributed by atoms with van der Waals surface area (Å²) in [7, 11) is 0. The molecule has 0 rings (SSSR count). The molecule has 0 saturated heterocycles. The first-order valence-electron chi connectivity index (χ1n) is 6.50. The Morgan fingerprint density at radius 1 is 1.27 bits per heavy atom. The summed E-state index contributed by atoms with van der Waals surface area (Å²) in [6.45, 7) is 18.0. The molecule has 0 aromatic rings. The van der Waals surface area contributed by atoms with Crippen molar-refractivity contribution in [2.24, 2.45) is 17.3 Å². The molecule has 0 aromatic carbocycles. The quantitative estimate of drug-likeness (QED) is 0.491. The molecule has 90 valence electrons. The van der Waals surface area contributed by atoms with Gasteiger partial charge < -0.3 is 0 Å². The van der Waals surface area contributed by atoms with E-state index in [9.17, 15) is 0 Å². The molecule has 2 unspecified atom stereocenters. The highest BCUT2D eigenvalue weighted by Crippen LogP contribution is 2.39. The van der Waals surface area contributed by atoms with E-state index in [0.29, 0.717) is 11.3 Å². The van der Waals surface area contributed by atoms with Crippen LogP contribution in [0.3, 0.4) is 0 Å². The smallest absolute Gasteiger partial charge is 0.0234 e. The number of rotatable bonds is 7. The summed E-state index contributed by atoms with van der Waals surface area (Å²) >= 11 is 0. The van der Waals surface area contributed by atoms with Crippen LogP contribution in [0.2, 0.25) is 0 Å². The van der Waals surface area contributed by atoms with Crippen LogP contribution >= 0.6 is 0 Å². The van der Waals surface area contributed by atoms with Crippen LogP contribution in [0.1, 0.15) is 67.2 Å².